The molecule has 0 aromatic heterocycles. The van der Waals surface area contributed by atoms with Gasteiger partial charge in [-0.05, 0) is 31.5 Å². The minimum atomic E-state index is -4.47. The van der Waals surface area contributed by atoms with E-state index >= 15 is 0 Å². The Morgan fingerprint density at radius 3 is 1.89 bits per heavy atom. The molecule has 196 valence electrons. The molecule has 0 unspecified atom stereocenters. The highest BCUT2D eigenvalue weighted by Gasteiger charge is 2.29. The van der Waals surface area contributed by atoms with Crippen molar-refractivity contribution in [1.82, 2.24) is 9.80 Å². The quantitative estimate of drug-likeness (QED) is 0.134. The van der Waals surface area contributed by atoms with Crippen molar-refractivity contribution in [3.63, 3.8) is 0 Å². The first-order chi connectivity index (χ1) is 16.4. The van der Waals surface area contributed by atoms with Crippen molar-refractivity contribution < 1.29 is 34.4 Å². The van der Waals surface area contributed by atoms with E-state index in [4.69, 9.17) is 5.73 Å². The molecule has 0 radical (unpaired) electrons. The van der Waals surface area contributed by atoms with Crippen molar-refractivity contribution in [2.45, 2.75) is 38.4 Å². The zero-order valence-electron chi connectivity index (χ0n) is 19.7. The summed E-state index contributed by atoms with van der Waals surface area (Å²) in [6, 6.07) is 12.9. The van der Waals surface area contributed by atoms with Gasteiger partial charge in [0.15, 0.2) is 0 Å². The van der Waals surface area contributed by atoms with Gasteiger partial charge in [-0.15, -0.1) is 0 Å². The Hall–Kier alpha value is -1.71. The average molecular weight is 530 g/mol. The van der Waals surface area contributed by atoms with Gasteiger partial charge in [0.05, 0.1) is 6.29 Å². The lowest BCUT2D eigenvalue weighted by Crippen LogP contribution is -2.44. The number of hydrogen-bond acceptors (Lipinski definition) is 8. The Morgan fingerprint density at radius 2 is 1.40 bits per heavy atom. The molecule has 0 aliphatic heterocycles. The minimum absolute atomic E-state index is 0.0170. The number of phenols is 2. The molecule has 0 amide bonds. The first-order valence-electron chi connectivity index (χ1n) is 11.3. The zero-order valence-corrected chi connectivity index (χ0v) is 21.5. The normalized spacial score (nSPS) is 13.5. The summed E-state index contributed by atoms with van der Waals surface area (Å²) in [7, 11) is -7.96. The van der Waals surface area contributed by atoms with Gasteiger partial charge in [-0.1, -0.05) is 49.1 Å². The van der Waals surface area contributed by atoms with Crippen LogP contribution in [0.2, 0.25) is 0 Å². The molecule has 2 aromatic rings. The number of nitrogens with zero attached hydrogens (tertiary/aromatic N) is 2. The highest BCUT2D eigenvalue weighted by atomic mass is 31.2. The summed E-state index contributed by atoms with van der Waals surface area (Å²) in [6.07, 6.45) is 4.70. The van der Waals surface area contributed by atoms with Gasteiger partial charge in [-0.3, -0.25) is 14.4 Å². The van der Waals surface area contributed by atoms with E-state index < -0.39 is 27.3 Å². The van der Waals surface area contributed by atoms with E-state index in [-0.39, 0.29) is 37.4 Å². The Bertz CT molecular complexity index is 1030. The van der Waals surface area contributed by atoms with Crippen molar-refractivity contribution in [3.05, 3.63) is 59.7 Å². The predicted molar refractivity (Wildman–Crippen MR) is 139 cm³/mol. The zero-order chi connectivity index (χ0) is 26.1. The fraction of sp³-hybridized carbons (Fsp3) is 0.435. The van der Waals surface area contributed by atoms with Crippen LogP contribution in [-0.2, 0) is 17.7 Å². The standard InChI is InChI=1S/C23H37N3O7P2/c1-34(29,30)17-25(14-19-8-2-4-11-22(19)27)16-21(10-6-7-13-24)26(18-35(31,32)33)15-20-9-3-5-12-23(20)28/h2-5,8-9,11-12,21,27-30H,1,6-7,10,13-18,24H2,(H2,31,32,33)/t21-/m0/s1. The topological polar surface area (TPSA) is 171 Å². The largest absolute Gasteiger partial charge is 0.508 e. The van der Waals surface area contributed by atoms with Gasteiger partial charge >= 0.3 is 7.60 Å². The van der Waals surface area contributed by atoms with E-state index in [9.17, 15) is 34.4 Å². The molecule has 0 spiro atoms. The van der Waals surface area contributed by atoms with Crippen LogP contribution < -0.4 is 5.73 Å². The fourth-order valence-corrected chi connectivity index (χ4v) is 5.64. The maximum Gasteiger partial charge on any atom is 0.339 e. The summed E-state index contributed by atoms with van der Waals surface area (Å²) < 4.78 is 12.0. The number of nitrogens with two attached hydrogens (primary N) is 1. The SMILES string of the molecule is C=P(O)(O)CN(Cc1ccccc1O)C[C@H](CCCCN)N(Cc1ccccc1O)CP(=O)(O)O. The van der Waals surface area contributed by atoms with Crippen LogP contribution in [0.15, 0.2) is 48.5 Å². The van der Waals surface area contributed by atoms with Crippen LogP contribution in [0.1, 0.15) is 30.4 Å². The van der Waals surface area contributed by atoms with Crippen LogP contribution >= 0.6 is 14.9 Å². The van der Waals surface area contributed by atoms with E-state index in [2.05, 4.69) is 6.30 Å². The second-order valence-electron chi connectivity index (χ2n) is 8.78. The Balaban J connectivity index is 2.39. The van der Waals surface area contributed by atoms with Crippen LogP contribution in [0.3, 0.4) is 0 Å². The Morgan fingerprint density at radius 1 is 0.857 bits per heavy atom. The van der Waals surface area contributed by atoms with Crippen LogP contribution in [0.25, 0.3) is 0 Å². The highest BCUT2D eigenvalue weighted by molar-refractivity contribution is 7.62. The molecule has 0 bridgehead atoms. The van der Waals surface area contributed by atoms with E-state index in [1.54, 1.807) is 46.2 Å². The third-order valence-corrected chi connectivity index (χ3v) is 7.10. The molecular formula is C23H37N3O7P2. The molecule has 35 heavy (non-hydrogen) atoms. The lowest BCUT2D eigenvalue weighted by atomic mass is 10.1. The molecule has 12 heteroatoms. The van der Waals surface area contributed by atoms with Crippen molar-refractivity contribution >= 4 is 21.2 Å². The van der Waals surface area contributed by atoms with Gasteiger partial charge < -0.3 is 35.5 Å². The summed E-state index contributed by atoms with van der Waals surface area (Å²) in [6.45, 7) is 0.940. The molecule has 8 N–H and O–H groups in total. The molecule has 2 rings (SSSR count). The second kappa shape index (κ2) is 13.6. The lowest BCUT2D eigenvalue weighted by molar-refractivity contribution is 0.135. The van der Waals surface area contributed by atoms with Gasteiger partial charge in [0.1, 0.15) is 25.1 Å². The first kappa shape index (κ1) is 29.5. The molecule has 0 fully saturated rings. The van der Waals surface area contributed by atoms with Gasteiger partial charge in [0, 0.05) is 36.8 Å². The van der Waals surface area contributed by atoms with E-state index in [0.717, 1.165) is 0 Å². The van der Waals surface area contributed by atoms with Gasteiger partial charge in [-0.2, -0.15) is 0 Å². The summed E-state index contributed by atoms with van der Waals surface area (Å²) in [5.74, 6) is 0.0748. The summed E-state index contributed by atoms with van der Waals surface area (Å²) >= 11 is 0. The van der Waals surface area contributed by atoms with Crippen molar-refractivity contribution in [2.75, 3.05) is 25.7 Å². The van der Waals surface area contributed by atoms with Gasteiger partial charge in [0.2, 0.25) is 0 Å². The van der Waals surface area contributed by atoms with E-state index in [0.29, 0.717) is 36.9 Å². The molecule has 2 aromatic carbocycles. The molecule has 0 saturated heterocycles. The number of aromatic hydroxyl groups is 2. The number of benzene rings is 2. The van der Waals surface area contributed by atoms with Crippen molar-refractivity contribution in [2.24, 2.45) is 5.73 Å². The third kappa shape index (κ3) is 11.3. The number of phenolic OH excluding ortho intramolecular Hbond substituents is 2. The van der Waals surface area contributed by atoms with Crippen molar-refractivity contribution in [1.29, 1.82) is 0 Å². The second-order valence-corrected chi connectivity index (χ2v) is 12.4. The summed E-state index contributed by atoms with van der Waals surface area (Å²) in [4.78, 5) is 43.2. The molecule has 10 nitrogen and oxygen atoms in total. The highest BCUT2D eigenvalue weighted by Crippen LogP contribution is 2.39. The number of hydrogen-bond donors (Lipinski definition) is 7. The molecule has 0 heterocycles. The van der Waals surface area contributed by atoms with Crippen LogP contribution in [0.5, 0.6) is 11.5 Å². The smallest absolute Gasteiger partial charge is 0.339 e. The monoisotopic (exact) mass is 529 g/mol. The molecule has 0 aliphatic rings. The van der Waals surface area contributed by atoms with Crippen LogP contribution in [-0.4, -0.2) is 77.6 Å². The summed E-state index contributed by atoms with van der Waals surface area (Å²) in [5, 5.41) is 20.5. The average Bonchev–Trinajstić information content (AvgIpc) is 2.74. The lowest BCUT2D eigenvalue weighted by Gasteiger charge is -2.37. The minimum Gasteiger partial charge on any atom is -0.508 e. The summed E-state index contributed by atoms with van der Waals surface area (Å²) in [5.41, 5.74) is 6.75. The first-order valence-corrected chi connectivity index (χ1v) is 15.2. The maximum atomic E-state index is 12.0. The number of unbranched alkanes of at least 4 members (excludes halogenated alkanes) is 1. The van der Waals surface area contributed by atoms with E-state index in [1.807, 2.05) is 0 Å². The fourth-order valence-electron chi connectivity index (χ4n) is 3.98. The number of rotatable bonds is 15. The van der Waals surface area contributed by atoms with Crippen molar-refractivity contribution in [3.8, 4) is 11.5 Å². The Labute approximate surface area is 206 Å². The molecule has 0 aliphatic carbocycles. The third-order valence-electron chi connectivity index (χ3n) is 5.52. The van der Waals surface area contributed by atoms with Crippen LogP contribution in [0, 0.1) is 0 Å². The van der Waals surface area contributed by atoms with Gasteiger partial charge in [-0.25, -0.2) is 0 Å². The maximum absolute atomic E-state index is 12.0. The van der Waals surface area contributed by atoms with Gasteiger partial charge in [0.25, 0.3) is 0 Å². The van der Waals surface area contributed by atoms with E-state index in [1.165, 1.54) is 12.1 Å². The number of para-hydroxylation sites is 2. The molecular weight excluding hydrogens is 492 g/mol. The predicted octanol–water partition coefficient (Wildman–Crippen LogP) is 2.26. The molecule has 0 saturated carbocycles. The molecule has 1 atom stereocenters. The Kier molecular flexibility index (Phi) is 11.4. The van der Waals surface area contributed by atoms with Crippen LogP contribution in [0.4, 0.5) is 0 Å².